The zero-order valence-corrected chi connectivity index (χ0v) is 13.1. The molecule has 1 N–H and O–H groups in total. The van der Waals surface area contributed by atoms with Crippen LogP contribution in [0.5, 0.6) is 0 Å². The Morgan fingerprint density at radius 3 is 2.33 bits per heavy atom. The molecule has 0 radical (unpaired) electrons. The minimum Gasteiger partial charge on any atom is -0.459 e. The van der Waals surface area contributed by atoms with Crippen molar-refractivity contribution in [2.45, 2.75) is 20.0 Å². The first-order chi connectivity index (χ1) is 9.95. The summed E-state index contributed by atoms with van der Waals surface area (Å²) in [6, 6.07) is 9.88. The first-order valence-electron chi connectivity index (χ1n) is 6.33. The number of benzene rings is 1. The Balaban J connectivity index is 2.02. The number of nitrogens with one attached hydrogen (secondary N) is 1. The van der Waals surface area contributed by atoms with Crippen molar-refractivity contribution in [2.75, 3.05) is 5.32 Å². The van der Waals surface area contributed by atoms with E-state index in [1.54, 1.807) is 50.2 Å². The SMILES string of the molecule is CC(C)OC(=O)c1ccc(NC(=O)c2ccc(Cl)s2)cc1. The van der Waals surface area contributed by atoms with Crippen molar-refractivity contribution in [1.29, 1.82) is 0 Å². The van der Waals surface area contributed by atoms with E-state index in [-0.39, 0.29) is 18.0 Å². The van der Waals surface area contributed by atoms with E-state index in [4.69, 9.17) is 16.3 Å². The molecule has 0 fully saturated rings. The number of anilines is 1. The minimum absolute atomic E-state index is 0.166. The third-order valence-electron chi connectivity index (χ3n) is 2.52. The molecule has 4 nitrogen and oxygen atoms in total. The second-order valence-corrected chi connectivity index (χ2v) is 6.30. The van der Waals surface area contributed by atoms with Crippen LogP contribution in [0.2, 0.25) is 4.34 Å². The number of halogens is 1. The van der Waals surface area contributed by atoms with Crippen molar-refractivity contribution < 1.29 is 14.3 Å². The maximum atomic E-state index is 11.9. The van der Waals surface area contributed by atoms with Gasteiger partial charge in [0, 0.05) is 5.69 Å². The molecule has 0 saturated carbocycles. The van der Waals surface area contributed by atoms with Crippen LogP contribution >= 0.6 is 22.9 Å². The average molecular weight is 324 g/mol. The molecule has 110 valence electrons. The molecule has 0 aliphatic heterocycles. The molecule has 0 aliphatic rings. The molecular weight excluding hydrogens is 310 g/mol. The number of amides is 1. The van der Waals surface area contributed by atoms with Gasteiger partial charge in [-0.05, 0) is 50.2 Å². The molecule has 21 heavy (non-hydrogen) atoms. The van der Waals surface area contributed by atoms with Gasteiger partial charge in [-0.3, -0.25) is 4.79 Å². The molecule has 2 aromatic rings. The van der Waals surface area contributed by atoms with Gasteiger partial charge in [0.05, 0.1) is 20.9 Å². The summed E-state index contributed by atoms with van der Waals surface area (Å²) in [7, 11) is 0. The highest BCUT2D eigenvalue weighted by Crippen LogP contribution is 2.22. The number of rotatable bonds is 4. The normalized spacial score (nSPS) is 10.5. The minimum atomic E-state index is -0.382. The molecule has 6 heteroatoms. The third-order valence-corrected chi connectivity index (χ3v) is 3.75. The molecule has 0 aliphatic carbocycles. The summed E-state index contributed by atoms with van der Waals surface area (Å²) in [6.45, 7) is 3.58. The summed E-state index contributed by atoms with van der Waals surface area (Å²) in [5.74, 6) is -0.614. The van der Waals surface area contributed by atoms with Crippen molar-refractivity contribution in [2.24, 2.45) is 0 Å². The van der Waals surface area contributed by atoms with Gasteiger partial charge in [-0.1, -0.05) is 11.6 Å². The van der Waals surface area contributed by atoms with E-state index < -0.39 is 0 Å². The van der Waals surface area contributed by atoms with Gasteiger partial charge in [-0.2, -0.15) is 0 Å². The highest BCUT2D eigenvalue weighted by atomic mass is 35.5. The van der Waals surface area contributed by atoms with Crippen molar-refractivity contribution >= 4 is 40.5 Å². The number of ether oxygens (including phenoxy) is 1. The number of hydrogen-bond acceptors (Lipinski definition) is 4. The van der Waals surface area contributed by atoms with Gasteiger partial charge in [-0.15, -0.1) is 11.3 Å². The lowest BCUT2D eigenvalue weighted by atomic mass is 10.2. The molecular formula is C15H14ClNO3S. The quantitative estimate of drug-likeness (QED) is 0.857. The van der Waals surface area contributed by atoms with Crippen LogP contribution in [0, 0.1) is 0 Å². The van der Waals surface area contributed by atoms with Gasteiger partial charge in [-0.25, -0.2) is 4.79 Å². The summed E-state index contributed by atoms with van der Waals surface area (Å²) in [6.07, 6.45) is -0.166. The van der Waals surface area contributed by atoms with E-state index in [9.17, 15) is 9.59 Å². The van der Waals surface area contributed by atoms with Crippen molar-refractivity contribution in [3.8, 4) is 0 Å². The monoisotopic (exact) mass is 323 g/mol. The lowest BCUT2D eigenvalue weighted by Gasteiger charge is -2.08. The van der Waals surface area contributed by atoms with Gasteiger partial charge in [0.15, 0.2) is 0 Å². The Bertz CT molecular complexity index is 649. The van der Waals surface area contributed by atoms with Crippen LogP contribution in [0.15, 0.2) is 36.4 Å². The first kappa shape index (κ1) is 15.5. The van der Waals surface area contributed by atoms with Crippen LogP contribution < -0.4 is 5.32 Å². The third kappa shape index (κ3) is 4.31. The largest absolute Gasteiger partial charge is 0.459 e. The lowest BCUT2D eigenvalue weighted by molar-refractivity contribution is 0.0378. The van der Waals surface area contributed by atoms with Crippen molar-refractivity contribution in [3.05, 3.63) is 51.2 Å². The summed E-state index contributed by atoms with van der Waals surface area (Å²) in [4.78, 5) is 24.2. The summed E-state index contributed by atoms with van der Waals surface area (Å²) < 4.78 is 5.65. The molecule has 1 aromatic heterocycles. The Hall–Kier alpha value is -1.85. The van der Waals surface area contributed by atoms with E-state index in [2.05, 4.69) is 5.32 Å². The van der Waals surface area contributed by atoms with E-state index in [1.165, 1.54) is 11.3 Å². The number of hydrogen-bond donors (Lipinski definition) is 1. The van der Waals surface area contributed by atoms with E-state index in [0.29, 0.717) is 20.5 Å². The number of carbonyl (C=O) groups excluding carboxylic acids is 2. The van der Waals surface area contributed by atoms with Gasteiger partial charge in [0.25, 0.3) is 5.91 Å². The van der Waals surface area contributed by atoms with E-state index >= 15 is 0 Å². The average Bonchev–Trinajstić information content (AvgIpc) is 2.85. The van der Waals surface area contributed by atoms with Gasteiger partial charge in [0.2, 0.25) is 0 Å². The van der Waals surface area contributed by atoms with Crippen molar-refractivity contribution in [1.82, 2.24) is 0 Å². The molecule has 2 rings (SSSR count). The lowest BCUT2D eigenvalue weighted by Crippen LogP contribution is -2.12. The smallest absolute Gasteiger partial charge is 0.338 e. The molecule has 1 heterocycles. The number of carbonyl (C=O) groups is 2. The number of esters is 1. The first-order valence-corrected chi connectivity index (χ1v) is 7.53. The maximum Gasteiger partial charge on any atom is 0.338 e. The van der Waals surface area contributed by atoms with Gasteiger partial charge >= 0.3 is 5.97 Å². The topological polar surface area (TPSA) is 55.4 Å². The Morgan fingerprint density at radius 1 is 1.14 bits per heavy atom. The standard InChI is InChI=1S/C15H14ClNO3S/c1-9(2)20-15(19)10-3-5-11(6-4-10)17-14(18)12-7-8-13(16)21-12/h3-9H,1-2H3,(H,17,18). The second kappa shape index (κ2) is 6.74. The fourth-order valence-corrected chi connectivity index (χ4v) is 2.54. The van der Waals surface area contributed by atoms with Crippen LogP contribution in [0.4, 0.5) is 5.69 Å². The highest BCUT2D eigenvalue weighted by molar-refractivity contribution is 7.18. The van der Waals surface area contributed by atoms with Crippen LogP contribution in [0.1, 0.15) is 33.9 Å². The van der Waals surface area contributed by atoms with Crippen molar-refractivity contribution in [3.63, 3.8) is 0 Å². The second-order valence-electron chi connectivity index (χ2n) is 4.59. The molecule has 0 bridgehead atoms. The predicted octanol–water partition coefficient (Wildman–Crippen LogP) is 4.22. The summed E-state index contributed by atoms with van der Waals surface area (Å²) >= 11 is 7.00. The van der Waals surface area contributed by atoms with Crippen LogP contribution in [0.3, 0.4) is 0 Å². The Kier molecular flexibility index (Phi) is 4.98. The van der Waals surface area contributed by atoms with Crippen LogP contribution in [0.25, 0.3) is 0 Å². The van der Waals surface area contributed by atoms with Crippen LogP contribution in [-0.2, 0) is 4.74 Å². The fraction of sp³-hybridized carbons (Fsp3) is 0.200. The van der Waals surface area contributed by atoms with Crippen LogP contribution in [-0.4, -0.2) is 18.0 Å². The highest BCUT2D eigenvalue weighted by Gasteiger charge is 2.11. The zero-order valence-electron chi connectivity index (χ0n) is 11.6. The maximum absolute atomic E-state index is 11.9. The van der Waals surface area contributed by atoms with E-state index in [1.807, 2.05) is 0 Å². The molecule has 1 aromatic carbocycles. The Labute approximate surface area is 131 Å². The molecule has 1 amide bonds. The molecule has 0 spiro atoms. The fourth-order valence-electron chi connectivity index (χ4n) is 1.60. The molecule has 0 atom stereocenters. The molecule has 0 saturated heterocycles. The summed E-state index contributed by atoms with van der Waals surface area (Å²) in [5.41, 5.74) is 1.05. The molecule has 0 unspecified atom stereocenters. The zero-order chi connectivity index (χ0) is 15.4. The van der Waals surface area contributed by atoms with Gasteiger partial charge in [0.1, 0.15) is 0 Å². The number of thiophene rings is 1. The van der Waals surface area contributed by atoms with E-state index in [0.717, 1.165) is 0 Å². The summed E-state index contributed by atoms with van der Waals surface area (Å²) in [5, 5.41) is 2.74. The predicted molar refractivity (Wildman–Crippen MR) is 84.3 cm³/mol. The van der Waals surface area contributed by atoms with Gasteiger partial charge < -0.3 is 10.1 Å². The Morgan fingerprint density at radius 2 is 1.81 bits per heavy atom.